The number of rotatable bonds is 25. The van der Waals surface area contributed by atoms with Gasteiger partial charge in [-0.2, -0.15) is 0 Å². The molecule has 1 N–H and O–H groups in total. The highest BCUT2D eigenvalue weighted by Gasteiger charge is 2.12. The van der Waals surface area contributed by atoms with Crippen LogP contribution in [0.1, 0.15) is 168 Å². The first-order valence-electron chi connectivity index (χ1n) is 13.9. The Morgan fingerprint density at radius 1 is 0.500 bits per heavy atom. The average molecular weight is 425 g/mol. The van der Waals surface area contributed by atoms with Gasteiger partial charge in [0.05, 0.1) is 0 Å². The molecule has 0 amide bonds. The minimum absolute atomic E-state index is 0.383. The van der Waals surface area contributed by atoms with Gasteiger partial charge in [-0.15, -0.1) is 0 Å². The first kappa shape index (κ1) is 29.5. The van der Waals surface area contributed by atoms with E-state index in [9.17, 15) is 9.90 Å². The molecular weight excluding hydrogens is 368 g/mol. The molecule has 0 aliphatic heterocycles. The normalized spacial score (nSPS) is 12.3. The molecule has 0 saturated heterocycles. The Labute approximate surface area is 190 Å². The molecule has 0 fully saturated rings. The van der Waals surface area contributed by atoms with Gasteiger partial charge in [-0.25, -0.2) is 0 Å². The van der Waals surface area contributed by atoms with Crippen LogP contribution in [0.3, 0.4) is 0 Å². The standard InChI is InChI=1S/C28H56O2/c1-3-5-7-9-11-12-13-14-15-16-17-19-21-23-25-27(26-28(29)30)24-22-20-18-10-8-6-4-2/h27H,3-26H2,1-2H3,(H,29,30)/t27-/m0/s1. The van der Waals surface area contributed by atoms with Gasteiger partial charge in [0.1, 0.15) is 0 Å². The summed E-state index contributed by atoms with van der Waals surface area (Å²) in [5.74, 6) is -0.191. The lowest BCUT2D eigenvalue weighted by atomic mass is 9.91. The van der Waals surface area contributed by atoms with E-state index in [2.05, 4.69) is 13.8 Å². The number of carbonyl (C=O) groups is 1. The Morgan fingerprint density at radius 3 is 1.03 bits per heavy atom. The van der Waals surface area contributed by atoms with Gasteiger partial charge in [0.2, 0.25) is 0 Å². The Morgan fingerprint density at radius 2 is 0.767 bits per heavy atom. The number of hydrogen-bond donors (Lipinski definition) is 1. The molecular formula is C28H56O2. The topological polar surface area (TPSA) is 37.3 Å². The third-order valence-corrected chi connectivity index (χ3v) is 6.65. The summed E-state index contributed by atoms with van der Waals surface area (Å²) >= 11 is 0. The maximum Gasteiger partial charge on any atom is 0.303 e. The highest BCUT2D eigenvalue weighted by Crippen LogP contribution is 2.22. The van der Waals surface area contributed by atoms with E-state index in [1.165, 1.54) is 135 Å². The van der Waals surface area contributed by atoms with Crippen LogP contribution in [0.5, 0.6) is 0 Å². The van der Waals surface area contributed by atoms with E-state index in [4.69, 9.17) is 0 Å². The highest BCUT2D eigenvalue weighted by molar-refractivity contribution is 5.66. The van der Waals surface area contributed by atoms with E-state index >= 15 is 0 Å². The molecule has 0 saturated carbocycles. The molecule has 0 rings (SSSR count). The summed E-state index contributed by atoms with van der Waals surface area (Å²) in [7, 11) is 0. The van der Waals surface area contributed by atoms with E-state index in [-0.39, 0.29) is 0 Å². The maximum absolute atomic E-state index is 11.2. The minimum Gasteiger partial charge on any atom is -0.481 e. The fraction of sp³-hybridized carbons (Fsp3) is 0.964. The van der Waals surface area contributed by atoms with Crippen molar-refractivity contribution in [3.63, 3.8) is 0 Å². The van der Waals surface area contributed by atoms with Crippen molar-refractivity contribution in [1.29, 1.82) is 0 Å². The van der Waals surface area contributed by atoms with Crippen molar-refractivity contribution < 1.29 is 9.90 Å². The Bertz CT molecular complexity index is 340. The fourth-order valence-electron chi connectivity index (χ4n) is 4.61. The van der Waals surface area contributed by atoms with Crippen molar-refractivity contribution in [3.8, 4) is 0 Å². The van der Waals surface area contributed by atoms with E-state index < -0.39 is 5.97 Å². The second-order valence-corrected chi connectivity index (χ2v) is 9.76. The zero-order valence-corrected chi connectivity index (χ0v) is 20.9. The first-order chi connectivity index (χ1) is 14.7. The zero-order valence-electron chi connectivity index (χ0n) is 20.9. The molecule has 1 atom stereocenters. The summed E-state index contributed by atoms with van der Waals surface area (Å²) in [6.07, 6.45) is 31.3. The Hall–Kier alpha value is -0.530. The summed E-state index contributed by atoms with van der Waals surface area (Å²) in [5, 5.41) is 9.20. The van der Waals surface area contributed by atoms with Crippen molar-refractivity contribution in [3.05, 3.63) is 0 Å². The smallest absolute Gasteiger partial charge is 0.303 e. The number of aliphatic carboxylic acids is 1. The predicted molar refractivity (Wildman–Crippen MR) is 133 cm³/mol. The molecule has 0 bridgehead atoms. The van der Waals surface area contributed by atoms with E-state index in [0.717, 1.165) is 12.8 Å². The summed E-state index contributed by atoms with van der Waals surface area (Å²) in [6, 6.07) is 0. The fourth-order valence-corrected chi connectivity index (χ4v) is 4.61. The molecule has 0 aliphatic rings. The van der Waals surface area contributed by atoms with Crippen molar-refractivity contribution in [1.82, 2.24) is 0 Å². The second kappa shape index (κ2) is 24.7. The molecule has 0 radical (unpaired) electrons. The summed E-state index contributed by atoms with van der Waals surface area (Å²) in [4.78, 5) is 11.2. The number of carboxylic acid groups (broad SMARTS) is 1. The van der Waals surface area contributed by atoms with Crippen LogP contribution < -0.4 is 0 Å². The van der Waals surface area contributed by atoms with Gasteiger partial charge in [0.15, 0.2) is 0 Å². The molecule has 0 unspecified atom stereocenters. The molecule has 0 heterocycles. The molecule has 0 aromatic heterocycles. The third kappa shape index (κ3) is 23.7. The molecule has 2 nitrogen and oxygen atoms in total. The van der Waals surface area contributed by atoms with Gasteiger partial charge in [0, 0.05) is 6.42 Å². The van der Waals surface area contributed by atoms with Gasteiger partial charge < -0.3 is 5.11 Å². The lowest BCUT2D eigenvalue weighted by Gasteiger charge is -2.14. The van der Waals surface area contributed by atoms with Crippen LogP contribution in [0.25, 0.3) is 0 Å². The van der Waals surface area contributed by atoms with Gasteiger partial charge in [-0.1, -0.05) is 149 Å². The summed E-state index contributed by atoms with van der Waals surface area (Å²) in [5.41, 5.74) is 0. The van der Waals surface area contributed by atoms with Crippen molar-refractivity contribution in [2.24, 2.45) is 5.92 Å². The van der Waals surface area contributed by atoms with Crippen LogP contribution >= 0.6 is 0 Å². The Balaban J connectivity index is 3.49. The molecule has 0 spiro atoms. The number of carboxylic acids is 1. The van der Waals surface area contributed by atoms with Gasteiger partial charge in [-0.05, 0) is 18.8 Å². The van der Waals surface area contributed by atoms with Crippen molar-refractivity contribution >= 4 is 5.97 Å². The van der Waals surface area contributed by atoms with Crippen LogP contribution in [-0.4, -0.2) is 11.1 Å². The predicted octanol–water partition coefficient (Wildman–Crippen LogP) is 10.1. The summed E-state index contributed by atoms with van der Waals surface area (Å²) in [6.45, 7) is 4.54. The van der Waals surface area contributed by atoms with Gasteiger partial charge in [-0.3, -0.25) is 4.79 Å². The highest BCUT2D eigenvalue weighted by atomic mass is 16.4. The molecule has 0 aromatic rings. The lowest BCUT2D eigenvalue weighted by molar-refractivity contribution is -0.138. The van der Waals surface area contributed by atoms with Crippen LogP contribution in [0.4, 0.5) is 0 Å². The maximum atomic E-state index is 11.2. The SMILES string of the molecule is CCCCCCCCCCCCCCCC[C@H](CCCCCCCCC)CC(=O)O. The monoisotopic (exact) mass is 424 g/mol. The molecule has 2 heteroatoms. The zero-order chi connectivity index (χ0) is 22.1. The molecule has 180 valence electrons. The Kier molecular flexibility index (Phi) is 24.3. The molecule has 0 aromatic carbocycles. The second-order valence-electron chi connectivity index (χ2n) is 9.76. The van der Waals surface area contributed by atoms with Crippen LogP contribution in [0.2, 0.25) is 0 Å². The van der Waals surface area contributed by atoms with Crippen LogP contribution in [0.15, 0.2) is 0 Å². The number of unbranched alkanes of at least 4 members (excludes halogenated alkanes) is 19. The molecule has 30 heavy (non-hydrogen) atoms. The molecule has 0 aliphatic carbocycles. The van der Waals surface area contributed by atoms with E-state index in [1.807, 2.05) is 0 Å². The summed E-state index contributed by atoms with van der Waals surface area (Å²) < 4.78 is 0. The minimum atomic E-state index is -0.603. The van der Waals surface area contributed by atoms with Gasteiger partial charge >= 0.3 is 5.97 Å². The van der Waals surface area contributed by atoms with Gasteiger partial charge in [0.25, 0.3) is 0 Å². The first-order valence-corrected chi connectivity index (χ1v) is 13.9. The van der Waals surface area contributed by atoms with Crippen LogP contribution in [0, 0.1) is 5.92 Å². The third-order valence-electron chi connectivity index (χ3n) is 6.65. The largest absolute Gasteiger partial charge is 0.481 e. The van der Waals surface area contributed by atoms with Crippen molar-refractivity contribution in [2.45, 2.75) is 168 Å². The van der Waals surface area contributed by atoms with E-state index in [1.54, 1.807) is 0 Å². The van der Waals surface area contributed by atoms with E-state index in [0.29, 0.717) is 12.3 Å². The number of hydrogen-bond acceptors (Lipinski definition) is 1. The quantitative estimate of drug-likeness (QED) is 0.148. The van der Waals surface area contributed by atoms with Crippen molar-refractivity contribution in [2.75, 3.05) is 0 Å². The average Bonchev–Trinajstić information content (AvgIpc) is 2.72. The lowest BCUT2D eigenvalue weighted by Crippen LogP contribution is -2.08. The van der Waals surface area contributed by atoms with Crippen LogP contribution in [-0.2, 0) is 4.79 Å².